The van der Waals surface area contributed by atoms with Gasteiger partial charge in [-0.25, -0.2) is 0 Å². The molecule has 2 nitrogen and oxygen atoms in total. The molecule has 1 aromatic heterocycles. The minimum absolute atomic E-state index is 0.136. The van der Waals surface area contributed by atoms with Crippen LogP contribution < -0.4 is 4.90 Å². The van der Waals surface area contributed by atoms with Crippen LogP contribution in [0.5, 0.6) is 0 Å². The van der Waals surface area contributed by atoms with E-state index in [1.54, 1.807) is 0 Å². The highest BCUT2D eigenvalue weighted by atomic mass is 15.2. The third-order valence-electron chi connectivity index (χ3n) is 13.8. The molecule has 9 aromatic carbocycles. The second-order valence-electron chi connectivity index (χ2n) is 17.7. The fourth-order valence-corrected chi connectivity index (χ4v) is 11.0. The van der Waals surface area contributed by atoms with E-state index in [-0.39, 0.29) is 10.8 Å². The zero-order valence-electron chi connectivity index (χ0n) is 34.4. The lowest BCUT2D eigenvalue weighted by Crippen LogP contribution is -2.21. The fraction of sp³-hybridized carbons (Fsp3) is 0.103. The lowest BCUT2D eigenvalue weighted by molar-refractivity contribution is 0.659. The van der Waals surface area contributed by atoms with Gasteiger partial charge in [0.1, 0.15) is 0 Å². The van der Waals surface area contributed by atoms with Crippen LogP contribution in [0.3, 0.4) is 0 Å². The van der Waals surface area contributed by atoms with Crippen LogP contribution in [0.1, 0.15) is 49.9 Å². The lowest BCUT2D eigenvalue weighted by Gasteiger charge is -2.34. The number of anilines is 3. The molecule has 0 N–H and O–H groups in total. The van der Waals surface area contributed by atoms with Crippen molar-refractivity contribution >= 4 is 49.6 Å². The van der Waals surface area contributed by atoms with Gasteiger partial charge in [0.25, 0.3) is 0 Å². The number of rotatable bonds is 5. The highest BCUT2D eigenvalue weighted by Gasteiger charge is 2.41. The molecule has 0 unspecified atom stereocenters. The molecule has 0 aliphatic heterocycles. The van der Waals surface area contributed by atoms with Crippen molar-refractivity contribution in [3.05, 3.63) is 216 Å². The molecular formula is C58H44N2. The highest BCUT2D eigenvalue weighted by molar-refractivity contribution is 6.12. The molecule has 0 saturated carbocycles. The van der Waals surface area contributed by atoms with E-state index in [0.29, 0.717) is 0 Å². The van der Waals surface area contributed by atoms with Gasteiger partial charge < -0.3 is 9.47 Å². The van der Waals surface area contributed by atoms with Gasteiger partial charge in [0.05, 0.1) is 28.1 Å². The van der Waals surface area contributed by atoms with Crippen LogP contribution in [0.2, 0.25) is 0 Å². The smallest absolute Gasteiger partial charge is 0.0547 e. The Labute approximate surface area is 351 Å². The summed E-state index contributed by atoms with van der Waals surface area (Å²) in [4.78, 5) is 2.59. The molecule has 10 aromatic rings. The molecular weight excluding hydrogens is 725 g/mol. The molecule has 2 aliphatic carbocycles. The number of para-hydroxylation sites is 2. The minimum atomic E-state index is -0.217. The molecule has 1 heterocycles. The van der Waals surface area contributed by atoms with Crippen molar-refractivity contribution in [2.24, 2.45) is 0 Å². The Kier molecular flexibility index (Phi) is 7.36. The van der Waals surface area contributed by atoms with Crippen molar-refractivity contribution in [3.63, 3.8) is 0 Å². The van der Waals surface area contributed by atoms with E-state index >= 15 is 0 Å². The number of nitrogens with zero attached hydrogens (tertiary/aromatic N) is 2. The number of fused-ring (bicyclic) bond motifs is 10. The number of aromatic nitrogens is 1. The second kappa shape index (κ2) is 12.7. The van der Waals surface area contributed by atoms with Gasteiger partial charge in [0.2, 0.25) is 0 Å². The summed E-state index contributed by atoms with van der Waals surface area (Å²) in [6.07, 6.45) is 0. The minimum Gasteiger partial charge on any atom is -0.310 e. The maximum Gasteiger partial charge on any atom is 0.0547 e. The fourth-order valence-electron chi connectivity index (χ4n) is 11.0. The van der Waals surface area contributed by atoms with Crippen molar-refractivity contribution in [1.82, 2.24) is 4.57 Å². The van der Waals surface area contributed by atoms with Gasteiger partial charge >= 0.3 is 0 Å². The standard InChI is InChI=1S/C58H44N2/c1-57(2)47-26-13-9-23-44(47)55-48(57)27-17-30-51(55)59(53-31-16-24-43-40-20-8-12-25-46(40)58(3,4)56(43)53)39-34-32-37-33-35-52(54(45(37)36-39)38-18-6-5-7-19-38)60-49-28-14-10-21-41(49)42-22-11-15-29-50(42)60/h5-36H,1-4H3. The molecule has 286 valence electrons. The van der Waals surface area contributed by atoms with Crippen molar-refractivity contribution in [2.45, 2.75) is 38.5 Å². The second-order valence-corrected chi connectivity index (χ2v) is 17.7. The van der Waals surface area contributed by atoms with E-state index < -0.39 is 0 Å². The first-order valence-electron chi connectivity index (χ1n) is 21.2. The average molecular weight is 769 g/mol. The van der Waals surface area contributed by atoms with Gasteiger partial charge in [-0.3, -0.25) is 0 Å². The van der Waals surface area contributed by atoms with Crippen LogP contribution in [0, 0.1) is 0 Å². The Morgan fingerprint density at radius 1 is 0.400 bits per heavy atom. The summed E-state index contributed by atoms with van der Waals surface area (Å²) >= 11 is 0. The van der Waals surface area contributed by atoms with E-state index in [2.05, 4.69) is 231 Å². The van der Waals surface area contributed by atoms with Crippen molar-refractivity contribution in [1.29, 1.82) is 0 Å². The first kappa shape index (κ1) is 34.8. The number of benzene rings is 9. The van der Waals surface area contributed by atoms with E-state index in [1.165, 1.54) is 105 Å². The van der Waals surface area contributed by atoms with Crippen LogP contribution in [0.4, 0.5) is 17.1 Å². The highest BCUT2D eigenvalue weighted by Crippen LogP contribution is 2.58. The molecule has 0 radical (unpaired) electrons. The SMILES string of the molecule is CC1(C)c2ccccc2-c2c(N(c3ccc4ccc(-n5c6ccccc6c6ccccc65)c(-c5ccccc5)c4c3)c3cccc4c3C(C)(C)c3ccccc3-4)cccc21. The van der Waals surface area contributed by atoms with Crippen molar-refractivity contribution in [2.75, 3.05) is 4.90 Å². The molecule has 0 saturated heterocycles. The van der Waals surface area contributed by atoms with E-state index in [1.807, 2.05) is 0 Å². The van der Waals surface area contributed by atoms with Gasteiger partial charge in [-0.2, -0.15) is 0 Å². The quantitative estimate of drug-likeness (QED) is 0.169. The van der Waals surface area contributed by atoms with Gasteiger partial charge in [0.15, 0.2) is 0 Å². The number of hydrogen-bond acceptors (Lipinski definition) is 1. The third kappa shape index (κ3) is 4.76. The van der Waals surface area contributed by atoms with Crippen LogP contribution >= 0.6 is 0 Å². The first-order valence-corrected chi connectivity index (χ1v) is 21.2. The van der Waals surface area contributed by atoms with Crippen LogP contribution in [0.25, 0.3) is 71.6 Å². The normalized spacial score (nSPS) is 14.3. The maximum absolute atomic E-state index is 2.59. The Hall–Kier alpha value is -7.16. The summed E-state index contributed by atoms with van der Waals surface area (Å²) in [5, 5.41) is 4.94. The van der Waals surface area contributed by atoms with Crippen LogP contribution in [0.15, 0.2) is 194 Å². The molecule has 60 heavy (non-hydrogen) atoms. The summed E-state index contributed by atoms with van der Waals surface area (Å²) in [5.74, 6) is 0. The first-order chi connectivity index (χ1) is 29.3. The average Bonchev–Trinajstić information content (AvgIpc) is 3.84. The third-order valence-corrected chi connectivity index (χ3v) is 13.8. The lowest BCUT2D eigenvalue weighted by atomic mass is 9.81. The van der Waals surface area contributed by atoms with Crippen molar-refractivity contribution in [3.8, 4) is 39.1 Å². The largest absolute Gasteiger partial charge is 0.310 e. The van der Waals surface area contributed by atoms with Gasteiger partial charge in [0, 0.05) is 38.4 Å². The summed E-state index contributed by atoms with van der Waals surface area (Å²) in [5.41, 5.74) is 19.9. The predicted molar refractivity (Wildman–Crippen MR) is 254 cm³/mol. The topological polar surface area (TPSA) is 8.17 Å². The Bertz CT molecular complexity index is 3330. The Morgan fingerprint density at radius 3 is 1.72 bits per heavy atom. The van der Waals surface area contributed by atoms with E-state index in [9.17, 15) is 0 Å². The van der Waals surface area contributed by atoms with E-state index in [4.69, 9.17) is 0 Å². The number of hydrogen-bond donors (Lipinski definition) is 0. The summed E-state index contributed by atoms with van der Waals surface area (Å²) in [6.45, 7) is 9.56. The molecule has 0 fully saturated rings. The zero-order valence-corrected chi connectivity index (χ0v) is 34.4. The van der Waals surface area contributed by atoms with Gasteiger partial charge in [-0.15, -0.1) is 0 Å². The zero-order chi connectivity index (χ0) is 40.3. The molecule has 2 aliphatic rings. The predicted octanol–water partition coefficient (Wildman–Crippen LogP) is 15.7. The molecule has 12 rings (SSSR count). The van der Waals surface area contributed by atoms with E-state index in [0.717, 1.165) is 5.69 Å². The Balaban J connectivity index is 1.19. The van der Waals surface area contributed by atoms with Gasteiger partial charge in [-0.05, 0) is 97.7 Å². The molecule has 0 spiro atoms. The summed E-state index contributed by atoms with van der Waals surface area (Å²) < 4.78 is 2.48. The summed E-state index contributed by atoms with van der Waals surface area (Å²) in [6, 6.07) is 72.4. The summed E-state index contributed by atoms with van der Waals surface area (Å²) in [7, 11) is 0. The molecule has 2 heteroatoms. The van der Waals surface area contributed by atoms with Gasteiger partial charge in [-0.1, -0.05) is 179 Å². The Morgan fingerprint density at radius 2 is 0.967 bits per heavy atom. The molecule has 0 atom stereocenters. The monoisotopic (exact) mass is 768 g/mol. The van der Waals surface area contributed by atoms with Crippen LogP contribution in [-0.2, 0) is 10.8 Å². The molecule has 0 bridgehead atoms. The van der Waals surface area contributed by atoms with Crippen molar-refractivity contribution < 1.29 is 0 Å². The maximum atomic E-state index is 2.59. The van der Waals surface area contributed by atoms with Crippen LogP contribution in [-0.4, -0.2) is 4.57 Å². The molecule has 0 amide bonds.